The van der Waals surface area contributed by atoms with Crippen molar-refractivity contribution in [1.29, 1.82) is 0 Å². The molecule has 0 bridgehead atoms. The third-order valence-electron chi connectivity index (χ3n) is 3.61. The Hall–Kier alpha value is -1.67. The van der Waals surface area contributed by atoms with Crippen LogP contribution >= 0.6 is 0 Å². The molecule has 1 atom stereocenters. The molecule has 1 N–H and O–H groups in total. The van der Waals surface area contributed by atoms with Crippen molar-refractivity contribution in [3.63, 3.8) is 0 Å². The summed E-state index contributed by atoms with van der Waals surface area (Å²) in [5.41, 5.74) is 2.42. The second kappa shape index (κ2) is 3.97. The number of aliphatic hydroxyl groups is 1. The largest absolute Gasteiger partial charge is 0.380 e. The van der Waals surface area contributed by atoms with Crippen LogP contribution in [-0.2, 0) is 12.0 Å². The van der Waals surface area contributed by atoms with Gasteiger partial charge in [0.2, 0.25) is 0 Å². The van der Waals surface area contributed by atoms with Crippen LogP contribution in [0.5, 0.6) is 0 Å². The van der Waals surface area contributed by atoms with Gasteiger partial charge in [0.05, 0.1) is 0 Å². The van der Waals surface area contributed by atoms with Crippen LogP contribution in [0.4, 0.5) is 0 Å². The molecule has 0 aliphatic heterocycles. The minimum absolute atomic E-state index is 0.786. The van der Waals surface area contributed by atoms with E-state index in [1.807, 2.05) is 30.3 Å². The first kappa shape index (κ1) is 10.5. The van der Waals surface area contributed by atoms with Crippen LogP contribution in [-0.4, -0.2) is 10.1 Å². The van der Waals surface area contributed by atoms with Gasteiger partial charge in [0.25, 0.3) is 0 Å². The topological polar surface area (TPSA) is 33.1 Å². The fraction of sp³-hybridized carbons (Fsp3) is 0.267. The molecule has 1 aliphatic rings. The summed E-state index contributed by atoms with van der Waals surface area (Å²) in [7, 11) is 0. The first-order valence-electron chi connectivity index (χ1n) is 6.02. The van der Waals surface area contributed by atoms with Crippen molar-refractivity contribution in [3.05, 3.63) is 65.5 Å². The number of hydrogen-bond acceptors (Lipinski definition) is 2. The zero-order chi connectivity index (χ0) is 11.7. The number of pyridine rings is 1. The summed E-state index contributed by atoms with van der Waals surface area (Å²) in [6, 6.07) is 12.0. The molecule has 2 nitrogen and oxygen atoms in total. The molecule has 1 heterocycles. The van der Waals surface area contributed by atoms with Crippen LogP contribution in [0.2, 0.25) is 0 Å². The number of aromatic nitrogens is 1. The Labute approximate surface area is 101 Å². The molecule has 0 amide bonds. The lowest BCUT2D eigenvalue weighted by molar-refractivity contribution is 0.0615. The molecule has 0 saturated heterocycles. The lowest BCUT2D eigenvalue weighted by Crippen LogP contribution is -2.31. The van der Waals surface area contributed by atoms with Gasteiger partial charge < -0.3 is 5.11 Å². The van der Waals surface area contributed by atoms with Gasteiger partial charge in [-0.3, -0.25) is 4.98 Å². The number of fused-ring (bicyclic) bond motifs is 1. The Morgan fingerprint density at radius 2 is 1.82 bits per heavy atom. The second-order valence-electron chi connectivity index (χ2n) is 4.61. The van der Waals surface area contributed by atoms with E-state index in [4.69, 9.17) is 0 Å². The van der Waals surface area contributed by atoms with Gasteiger partial charge in [0.1, 0.15) is 5.60 Å². The summed E-state index contributed by atoms with van der Waals surface area (Å²) in [5, 5.41) is 11.0. The highest BCUT2D eigenvalue weighted by Crippen LogP contribution is 2.39. The molecule has 2 heteroatoms. The predicted molar refractivity (Wildman–Crippen MR) is 66.6 cm³/mol. The molecule has 1 aromatic carbocycles. The summed E-state index contributed by atoms with van der Waals surface area (Å²) in [6.07, 6.45) is 6.35. The van der Waals surface area contributed by atoms with E-state index >= 15 is 0 Å². The molecular formula is C15H15NO. The third-order valence-corrected chi connectivity index (χ3v) is 3.61. The Morgan fingerprint density at radius 1 is 1.06 bits per heavy atom. The third kappa shape index (κ3) is 1.65. The van der Waals surface area contributed by atoms with Gasteiger partial charge in [-0.25, -0.2) is 0 Å². The Morgan fingerprint density at radius 3 is 2.65 bits per heavy atom. The van der Waals surface area contributed by atoms with Crippen LogP contribution in [0.1, 0.15) is 29.5 Å². The van der Waals surface area contributed by atoms with Crippen molar-refractivity contribution in [1.82, 2.24) is 4.98 Å². The first-order valence-corrected chi connectivity index (χ1v) is 6.02. The molecule has 3 rings (SSSR count). The van der Waals surface area contributed by atoms with Crippen molar-refractivity contribution in [2.45, 2.75) is 24.9 Å². The van der Waals surface area contributed by atoms with Gasteiger partial charge >= 0.3 is 0 Å². The molecule has 0 unspecified atom stereocenters. The standard InChI is InChI=1S/C15H15NO/c17-15(13-7-10-16-11-8-13)9-3-5-12-4-1-2-6-14(12)15/h1-2,4,6-8,10-11,17H,3,5,9H2/t15-/m1/s1. The van der Waals surface area contributed by atoms with E-state index in [0.29, 0.717) is 0 Å². The number of aryl methyl sites for hydroxylation is 1. The Balaban J connectivity index is 2.16. The average molecular weight is 225 g/mol. The highest BCUT2D eigenvalue weighted by molar-refractivity contribution is 5.42. The van der Waals surface area contributed by atoms with Gasteiger partial charge in [-0.1, -0.05) is 24.3 Å². The highest BCUT2D eigenvalue weighted by Gasteiger charge is 2.35. The zero-order valence-corrected chi connectivity index (χ0v) is 9.63. The smallest absolute Gasteiger partial charge is 0.115 e. The minimum Gasteiger partial charge on any atom is -0.380 e. The fourth-order valence-electron chi connectivity index (χ4n) is 2.74. The van der Waals surface area contributed by atoms with Crippen molar-refractivity contribution >= 4 is 0 Å². The Bertz CT molecular complexity index is 523. The minimum atomic E-state index is -0.836. The van der Waals surface area contributed by atoms with E-state index in [2.05, 4.69) is 11.1 Å². The molecule has 86 valence electrons. The summed E-state index contributed by atoms with van der Waals surface area (Å²) < 4.78 is 0. The van der Waals surface area contributed by atoms with E-state index in [1.165, 1.54) is 5.56 Å². The summed E-state index contributed by atoms with van der Waals surface area (Å²) in [4.78, 5) is 4.02. The molecule has 1 aliphatic carbocycles. The average Bonchev–Trinajstić information content (AvgIpc) is 2.40. The van der Waals surface area contributed by atoms with E-state index in [1.54, 1.807) is 12.4 Å². The number of rotatable bonds is 1. The van der Waals surface area contributed by atoms with E-state index in [9.17, 15) is 5.11 Å². The van der Waals surface area contributed by atoms with Crippen LogP contribution < -0.4 is 0 Å². The van der Waals surface area contributed by atoms with Crippen LogP contribution in [0.15, 0.2) is 48.8 Å². The van der Waals surface area contributed by atoms with Crippen molar-refractivity contribution < 1.29 is 5.11 Å². The van der Waals surface area contributed by atoms with Gasteiger partial charge in [-0.15, -0.1) is 0 Å². The van der Waals surface area contributed by atoms with Crippen LogP contribution in [0.3, 0.4) is 0 Å². The summed E-state index contributed by atoms with van der Waals surface area (Å²) in [6.45, 7) is 0. The second-order valence-corrected chi connectivity index (χ2v) is 4.61. The molecule has 2 aromatic rings. The molecular weight excluding hydrogens is 210 g/mol. The maximum Gasteiger partial charge on any atom is 0.115 e. The van der Waals surface area contributed by atoms with Gasteiger partial charge in [-0.2, -0.15) is 0 Å². The maximum absolute atomic E-state index is 11.0. The van der Waals surface area contributed by atoms with Crippen LogP contribution in [0.25, 0.3) is 0 Å². The van der Waals surface area contributed by atoms with E-state index < -0.39 is 5.60 Å². The molecule has 0 radical (unpaired) electrons. The Kier molecular flexibility index (Phi) is 2.45. The number of nitrogens with zero attached hydrogens (tertiary/aromatic N) is 1. The van der Waals surface area contributed by atoms with E-state index in [-0.39, 0.29) is 0 Å². The molecule has 1 aromatic heterocycles. The lowest BCUT2D eigenvalue weighted by Gasteiger charge is -2.34. The SMILES string of the molecule is O[C@@]1(c2ccncc2)CCCc2ccccc21. The number of benzene rings is 1. The molecule has 0 saturated carbocycles. The van der Waals surface area contributed by atoms with Crippen molar-refractivity contribution in [2.75, 3.05) is 0 Å². The fourth-order valence-corrected chi connectivity index (χ4v) is 2.74. The lowest BCUT2D eigenvalue weighted by atomic mass is 9.75. The normalized spacial score (nSPS) is 23.1. The summed E-state index contributed by atoms with van der Waals surface area (Å²) in [5.74, 6) is 0. The highest BCUT2D eigenvalue weighted by atomic mass is 16.3. The maximum atomic E-state index is 11.0. The summed E-state index contributed by atoms with van der Waals surface area (Å²) >= 11 is 0. The predicted octanol–water partition coefficient (Wildman–Crippen LogP) is 2.65. The van der Waals surface area contributed by atoms with Gasteiger partial charge in [-0.05, 0) is 48.1 Å². The van der Waals surface area contributed by atoms with Crippen molar-refractivity contribution in [2.24, 2.45) is 0 Å². The molecule has 0 spiro atoms. The molecule has 0 fully saturated rings. The first-order chi connectivity index (χ1) is 8.31. The van der Waals surface area contributed by atoms with Crippen LogP contribution in [0, 0.1) is 0 Å². The van der Waals surface area contributed by atoms with Gasteiger partial charge in [0.15, 0.2) is 0 Å². The monoisotopic (exact) mass is 225 g/mol. The number of hydrogen-bond donors (Lipinski definition) is 1. The van der Waals surface area contributed by atoms with E-state index in [0.717, 1.165) is 30.4 Å². The zero-order valence-electron chi connectivity index (χ0n) is 9.63. The molecule has 17 heavy (non-hydrogen) atoms. The van der Waals surface area contributed by atoms with Gasteiger partial charge in [0, 0.05) is 12.4 Å². The quantitative estimate of drug-likeness (QED) is 0.809. The van der Waals surface area contributed by atoms with Crippen molar-refractivity contribution in [3.8, 4) is 0 Å².